The topological polar surface area (TPSA) is 48.9 Å². The first-order valence-corrected chi connectivity index (χ1v) is 9.03. The molecule has 1 aromatic carbocycles. The zero-order valence-electron chi connectivity index (χ0n) is 14.9. The molecule has 1 atom stereocenters. The average molecular weight is 353 g/mol. The molecule has 0 aliphatic carbocycles. The van der Waals surface area contributed by atoms with Crippen molar-refractivity contribution in [3.63, 3.8) is 0 Å². The Kier molecular flexibility index (Phi) is 7.66. The third-order valence-electron chi connectivity index (χ3n) is 4.55. The summed E-state index contributed by atoms with van der Waals surface area (Å²) in [4.78, 5) is 6.79. The molecule has 1 aliphatic rings. The minimum absolute atomic E-state index is 0.708. The quantitative estimate of drug-likeness (QED) is 0.584. The van der Waals surface area contributed by atoms with E-state index in [1.165, 1.54) is 19.5 Å². The van der Waals surface area contributed by atoms with E-state index in [0.717, 1.165) is 48.4 Å². The second-order valence-corrected chi connectivity index (χ2v) is 6.54. The predicted molar refractivity (Wildman–Crippen MR) is 101 cm³/mol. The van der Waals surface area contributed by atoms with Crippen LogP contribution in [0.25, 0.3) is 0 Å². The molecule has 1 aliphatic heterocycles. The van der Waals surface area contributed by atoms with Gasteiger partial charge in [0.05, 0.1) is 7.11 Å². The van der Waals surface area contributed by atoms with Gasteiger partial charge in [-0.3, -0.25) is 4.99 Å². The zero-order valence-corrected chi connectivity index (χ0v) is 15.7. The fourth-order valence-corrected chi connectivity index (χ4v) is 3.27. The lowest BCUT2D eigenvalue weighted by Gasteiger charge is -2.16. The highest BCUT2D eigenvalue weighted by Gasteiger charge is 2.20. The average Bonchev–Trinajstić information content (AvgIpc) is 3.07. The highest BCUT2D eigenvalue weighted by Crippen LogP contribution is 2.22. The summed E-state index contributed by atoms with van der Waals surface area (Å²) in [6, 6.07) is 5.80. The van der Waals surface area contributed by atoms with Gasteiger partial charge in [0, 0.05) is 31.7 Å². The van der Waals surface area contributed by atoms with E-state index in [1.807, 2.05) is 25.2 Å². The van der Waals surface area contributed by atoms with Crippen LogP contribution in [0.3, 0.4) is 0 Å². The Morgan fingerprint density at radius 3 is 2.88 bits per heavy atom. The highest BCUT2D eigenvalue weighted by molar-refractivity contribution is 6.31. The highest BCUT2D eigenvalue weighted by atomic mass is 35.5. The van der Waals surface area contributed by atoms with Gasteiger partial charge in [0.1, 0.15) is 5.75 Å². The Bertz CT molecular complexity index is 550. The van der Waals surface area contributed by atoms with Crippen LogP contribution in [-0.4, -0.2) is 57.7 Å². The van der Waals surface area contributed by atoms with Crippen LogP contribution in [-0.2, 0) is 6.42 Å². The molecule has 5 nitrogen and oxygen atoms in total. The first-order chi connectivity index (χ1) is 11.7. The fraction of sp³-hybridized carbons (Fsp3) is 0.611. The lowest BCUT2D eigenvalue weighted by Crippen LogP contribution is -2.41. The van der Waals surface area contributed by atoms with Crippen molar-refractivity contribution in [1.29, 1.82) is 0 Å². The number of halogens is 1. The van der Waals surface area contributed by atoms with Gasteiger partial charge < -0.3 is 20.3 Å². The summed E-state index contributed by atoms with van der Waals surface area (Å²) in [5, 5.41) is 7.53. The number of nitrogens with zero attached hydrogens (tertiary/aromatic N) is 2. The molecule has 0 spiro atoms. The zero-order chi connectivity index (χ0) is 17.4. The maximum Gasteiger partial charge on any atom is 0.190 e. The minimum atomic E-state index is 0.708. The van der Waals surface area contributed by atoms with Crippen LogP contribution < -0.4 is 15.4 Å². The van der Waals surface area contributed by atoms with Crippen LogP contribution in [0.2, 0.25) is 5.02 Å². The molecule has 1 saturated heterocycles. The Morgan fingerprint density at radius 1 is 1.42 bits per heavy atom. The summed E-state index contributed by atoms with van der Waals surface area (Å²) in [5.74, 6) is 2.35. The molecule has 1 fully saturated rings. The van der Waals surface area contributed by atoms with Gasteiger partial charge in [-0.05, 0) is 49.5 Å². The van der Waals surface area contributed by atoms with Gasteiger partial charge in [-0.2, -0.15) is 0 Å². The Morgan fingerprint density at radius 2 is 2.25 bits per heavy atom. The number of rotatable bonds is 7. The van der Waals surface area contributed by atoms with E-state index in [9.17, 15) is 0 Å². The first kappa shape index (κ1) is 18.9. The number of guanidine groups is 1. The number of aliphatic imine (C=N–C) groups is 1. The second kappa shape index (κ2) is 9.74. The largest absolute Gasteiger partial charge is 0.497 e. The maximum atomic E-state index is 6.27. The molecule has 134 valence electrons. The SMILES string of the molecule is CCN1CCC(CNC(=NC)NCCc2ccc(OC)cc2Cl)C1. The molecule has 0 aromatic heterocycles. The van der Waals surface area contributed by atoms with Gasteiger partial charge in [0.25, 0.3) is 0 Å². The van der Waals surface area contributed by atoms with E-state index >= 15 is 0 Å². The maximum absolute atomic E-state index is 6.27. The molecule has 1 unspecified atom stereocenters. The van der Waals surface area contributed by atoms with Crippen molar-refractivity contribution in [2.45, 2.75) is 19.8 Å². The summed E-state index contributed by atoms with van der Waals surface area (Å²) in [5.41, 5.74) is 1.11. The number of hydrogen-bond acceptors (Lipinski definition) is 3. The van der Waals surface area contributed by atoms with Gasteiger partial charge in [0.15, 0.2) is 5.96 Å². The summed E-state index contributed by atoms with van der Waals surface area (Å²) in [6.07, 6.45) is 2.11. The predicted octanol–water partition coefficient (Wildman–Crippen LogP) is 2.40. The van der Waals surface area contributed by atoms with E-state index in [4.69, 9.17) is 16.3 Å². The van der Waals surface area contributed by atoms with Crippen molar-refractivity contribution in [3.8, 4) is 5.75 Å². The Balaban J connectivity index is 1.72. The second-order valence-electron chi connectivity index (χ2n) is 6.14. The van der Waals surface area contributed by atoms with Gasteiger partial charge in [-0.25, -0.2) is 0 Å². The van der Waals surface area contributed by atoms with Crippen molar-refractivity contribution in [2.24, 2.45) is 10.9 Å². The smallest absolute Gasteiger partial charge is 0.190 e. The summed E-state index contributed by atoms with van der Waals surface area (Å²) >= 11 is 6.27. The van der Waals surface area contributed by atoms with E-state index < -0.39 is 0 Å². The number of hydrogen-bond donors (Lipinski definition) is 2. The molecular weight excluding hydrogens is 324 g/mol. The number of nitrogens with one attached hydrogen (secondary N) is 2. The Labute approximate surface area is 150 Å². The Hall–Kier alpha value is -1.46. The van der Waals surface area contributed by atoms with Gasteiger partial charge >= 0.3 is 0 Å². The van der Waals surface area contributed by atoms with Crippen molar-refractivity contribution >= 4 is 17.6 Å². The van der Waals surface area contributed by atoms with Crippen molar-refractivity contribution in [3.05, 3.63) is 28.8 Å². The van der Waals surface area contributed by atoms with Gasteiger partial charge in [-0.15, -0.1) is 0 Å². The molecule has 2 N–H and O–H groups in total. The van der Waals surface area contributed by atoms with Crippen molar-refractivity contribution in [1.82, 2.24) is 15.5 Å². The molecule has 2 rings (SSSR count). The third kappa shape index (κ3) is 5.56. The van der Waals surface area contributed by atoms with Crippen LogP contribution in [0, 0.1) is 5.92 Å². The molecule has 6 heteroatoms. The number of benzene rings is 1. The number of ether oxygens (including phenoxy) is 1. The van der Waals surface area contributed by atoms with Gasteiger partial charge in [0.2, 0.25) is 0 Å². The summed E-state index contributed by atoms with van der Waals surface area (Å²) in [6.45, 7) is 7.52. The molecule has 0 radical (unpaired) electrons. The van der Waals surface area contributed by atoms with Crippen molar-refractivity contribution < 1.29 is 4.74 Å². The van der Waals surface area contributed by atoms with E-state index in [0.29, 0.717) is 5.92 Å². The summed E-state index contributed by atoms with van der Waals surface area (Å²) < 4.78 is 5.17. The number of methoxy groups -OCH3 is 1. The van der Waals surface area contributed by atoms with Crippen LogP contribution in [0.4, 0.5) is 0 Å². The number of likely N-dealkylation sites (tertiary alicyclic amines) is 1. The third-order valence-corrected chi connectivity index (χ3v) is 4.90. The van der Waals surface area contributed by atoms with Crippen LogP contribution >= 0.6 is 11.6 Å². The molecule has 24 heavy (non-hydrogen) atoms. The van der Waals surface area contributed by atoms with E-state index in [2.05, 4.69) is 27.4 Å². The fourth-order valence-electron chi connectivity index (χ4n) is 3.00. The van der Waals surface area contributed by atoms with E-state index in [-0.39, 0.29) is 0 Å². The molecule has 0 saturated carbocycles. The first-order valence-electron chi connectivity index (χ1n) is 8.65. The minimum Gasteiger partial charge on any atom is -0.497 e. The lowest BCUT2D eigenvalue weighted by atomic mass is 10.1. The normalized spacial score (nSPS) is 18.7. The van der Waals surface area contributed by atoms with Crippen LogP contribution in [0.5, 0.6) is 5.75 Å². The van der Waals surface area contributed by atoms with Crippen molar-refractivity contribution in [2.75, 3.05) is 46.9 Å². The molecule has 1 heterocycles. The molecule has 1 aromatic rings. The molecular formula is C18H29ClN4O. The lowest BCUT2D eigenvalue weighted by molar-refractivity contribution is 0.342. The van der Waals surface area contributed by atoms with Crippen LogP contribution in [0.1, 0.15) is 18.9 Å². The summed E-state index contributed by atoms with van der Waals surface area (Å²) in [7, 11) is 3.45. The monoisotopic (exact) mass is 352 g/mol. The van der Waals surface area contributed by atoms with E-state index in [1.54, 1.807) is 7.11 Å². The molecule has 0 bridgehead atoms. The standard InChI is InChI=1S/C18H29ClN4O/c1-4-23-10-8-14(13-23)12-22-18(20-2)21-9-7-15-5-6-16(24-3)11-17(15)19/h5-6,11,14H,4,7-10,12-13H2,1-3H3,(H2,20,21,22). The molecule has 0 amide bonds. The van der Waals surface area contributed by atoms with Crippen LogP contribution in [0.15, 0.2) is 23.2 Å². The van der Waals surface area contributed by atoms with Gasteiger partial charge in [-0.1, -0.05) is 24.6 Å².